The zero-order valence-corrected chi connectivity index (χ0v) is 18.4. The van der Waals surface area contributed by atoms with Crippen LogP contribution in [0.4, 0.5) is 5.69 Å². The zero-order chi connectivity index (χ0) is 28.1. The van der Waals surface area contributed by atoms with E-state index >= 15 is 0 Å². The van der Waals surface area contributed by atoms with Gasteiger partial charge in [-0.2, -0.15) is 5.26 Å². The van der Waals surface area contributed by atoms with E-state index in [9.17, 15) is 5.26 Å². The van der Waals surface area contributed by atoms with Crippen molar-refractivity contribution in [1.82, 2.24) is 4.57 Å². The second-order valence-corrected chi connectivity index (χ2v) is 8.06. The Morgan fingerprint density at radius 3 is 2.11 bits per heavy atom. The summed E-state index contributed by atoms with van der Waals surface area (Å²) in [5.41, 5.74) is 5.39. The van der Waals surface area contributed by atoms with Gasteiger partial charge in [0.15, 0.2) is 5.69 Å². The highest BCUT2D eigenvalue weighted by atomic mass is 15.0. The Morgan fingerprint density at radius 2 is 1.43 bits per heavy atom. The molecule has 0 aliphatic carbocycles. The molecule has 6 aromatic rings. The Kier molecular flexibility index (Phi) is 3.73. The fourth-order valence-electron chi connectivity index (χ4n) is 4.61. The zero-order valence-electron chi connectivity index (χ0n) is 23.4. The average Bonchev–Trinajstić information content (AvgIpc) is 3.32. The van der Waals surface area contributed by atoms with Crippen molar-refractivity contribution in [2.75, 3.05) is 0 Å². The van der Waals surface area contributed by atoms with Crippen molar-refractivity contribution < 1.29 is 6.85 Å². The van der Waals surface area contributed by atoms with Crippen molar-refractivity contribution in [2.45, 2.75) is 0 Å². The summed E-state index contributed by atoms with van der Waals surface area (Å²) < 4.78 is 43.3. The van der Waals surface area contributed by atoms with E-state index in [1.807, 2.05) is 60.7 Å². The number of fused-ring (bicyclic) bond motifs is 3. The standard InChI is InChI=1S/C32H19N3/c1-34-29-14-8-11-25(21-33)32(29)24-16-18-31-28(20-24)27-19-23(22-9-4-2-5-10-22)15-17-30(27)35(31)26-12-6-3-7-13-26/h2-20H/i2D,4D,5D,9D,10D. The molecule has 0 N–H and O–H groups in total. The van der Waals surface area contributed by atoms with Crippen LogP contribution in [-0.2, 0) is 0 Å². The van der Waals surface area contributed by atoms with Gasteiger partial charge < -0.3 is 4.57 Å². The quantitative estimate of drug-likeness (QED) is 0.249. The molecule has 3 nitrogen and oxygen atoms in total. The molecule has 5 aromatic carbocycles. The molecule has 162 valence electrons. The Hall–Kier alpha value is -5.12. The predicted octanol–water partition coefficient (Wildman–Crippen LogP) is 8.54. The number of benzene rings is 5. The van der Waals surface area contributed by atoms with E-state index in [4.69, 9.17) is 13.4 Å². The Labute approximate surface area is 210 Å². The van der Waals surface area contributed by atoms with Crippen LogP contribution in [-0.4, -0.2) is 4.57 Å². The molecule has 1 aromatic heterocycles. The van der Waals surface area contributed by atoms with Gasteiger partial charge in [-0.3, -0.25) is 0 Å². The van der Waals surface area contributed by atoms with Crippen LogP contribution < -0.4 is 0 Å². The number of para-hydroxylation sites is 1. The molecule has 35 heavy (non-hydrogen) atoms. The molecule has 0 amide bonds. The van der Waals surface area contributed by atoms with Gasteiger partial charge in [0, 0.05) is 27.6 Å². The SMILES string of the molecule is [2H]c1c([2H])c([2H])c(-c2ccc3c(c2)c2cc(-c4c(C#N)cccc4[N+]#[C-])ccc2n3-c2ccccc2)c([2H])c1[2H]. The Bertz CT molecular complexity index is 2020. The lowest BCUT2D eigenvalue weighted by atomic mass is 9.96. The minimum Gasteiger partial charge on any atom is -0.309 e. The molecular formula is C32H19N3. The van der Waals surface area contributed by atoms with Gasteiger partial charge in [0.25, 0.3) is 0 Å². The molecule has 0 aliphatic heterocycles. The molecule has 3 heteroatoms. The molecule has 0 spiro atoms. The summed E-state index contributed by atoms with van der Waals surface area (Å²) in [6.07, 6.45) is 0. The van der Waals surface area contributed by atoms with Crippen LogP contribution >= 0.6 is 0 Å². The molecular weight excluding hydrogens is 426 g/mol. The van der Waals surface area contributed by atoms with Crippen LogP contribution in [0, 0.1) is 17.9 Å². The third-order valence-electron chi connectivity index (χ3n) is 6.14. The van der Waals surface area contributed by atoms with Crippen molar-refractivity contribution in [3.8, 4) is 34.0 Å². The number of hydrogen-bond acceptors (Lipinski definition) is 1. The normalized spacial score (nSPS) is 12.8. The third kappa shape index (κ3) is 3.35. The number of rotatable bonds is 3. The molecule has 0 unspecified atom stereocenters. The highest BCUT2D eigenvalue weighted by molar-refractivity contribution is 6.12. The lowest BCUT2D eigenvalue weighted by molar-refractivity contribution is 1.18. The molecule has 1 heterocycles. The lowest BCUT2D eigenvalue weighted by Gasteiger charge is -2.09. The molecule has 0 saturated heterocycles. The summed E-state index contributed by atoms with van der Waals surface area (Å²) >= 11 is 0. The fourth-order valence-corrected chi connectivity index (χ4v) is 4.61. The Balaban J connectivity index is 1.71. The minimum absolute atomic E-state index is 0.134. The summed E-state index contributed by atoms with van der Waals surface area (Å²) in [7, 11) is 0. The first-order chi connectivity index (χ1) is 19.3. The van der Waals surface area contributed by atoms with E-state index < -0.39 is 6.04 Å². The smallest absolute Gasteiger partial charge is 0.196 e. The van der Waals surface area contributed by atoms with Crippen LogP contribution in [0.1, 0.15) is 12.4 Å². The van der Waals surface area contributed by atoms with Gasteiger partial charge in [-0.1, -0.05) is 72.7 Å². The third-order valence-corrected chi connectivity index (χ3v) is 6.14. The van der Waals surface area contributed by atoms with Crippen LogP contribution in [0.2, 0.25) is 0 Å². The second-order valence-electron chi connectivity index (χ2n) is 8.06. The lowest BCUT2D eigenvalue weighted by Crippen LogP contribution is -1.93. The molecule has 0 saturated carbocycles. The number of aromatic nitrogens is 1. The predicted molar refractivity (Wildman–Crippen MR) is 143 cm³/mol. The summed E-state index contributed by atoms with van der Waals surface area (Å²) in [5.74, 6) is 0. The van der Waals surface area contributed by atoms with Crippen molar-refractivity contribution in [2.24, 2.45) is 0 Å². The molecule has 0 bridgehead atoms. The summed E-state index contributed by atoms with van der Waals surface area (Å²) in [6.45, 7) is 7.66. The average molecular weight is 451 g/mol. The van der Waals surface area contributed by atoms with Crippen molar-refractivity contribution in [3.63, 3.8) is 0 Å². The summed E-state index contributed by atoms with van der Waals surface area (Å²) in [4.78, 5) is 3.65. The monoisotopic (exact) mass is 450 g/mol. The molecule has 0 fully saturated rings. The number of nitriles is 1. The van der Waals surface area contributed by atoms with E-state index in [0.29, 0.717) is 22.4 Å². The largest absolute Gasteiger partial charge is 0.309 e. The summed E-state index contributed by atoms with van der Waals surface area (Å²) in [5, 5.41) is 11.4. The van der Waals surface area contributed by atoms with Crippen LogP contribution in [0.15, 0.2) is 115 Å². The summed E-state index contributed by atoms with van der Waals surface area (Å²) in [6, 6.07) is 26.7. The topological polar surface area (TPSA) is 33.1 Å². The van der Waals surface area contributed by atoms with E-state index in [0.717, 1.165) is 33.1 Å². The van der Waals surface area contributed by atoms with Crippen LogP contribution in [0.25, 0.3) is 54.6 Å². The first kappa shape index (κ1) is 15.7. The maximum absolute atomic E-state index is 9.78. The van der Waals surface area contributed by atoms with Gasteiger partial charge in [-0.15, -0.1) is 0 Å². The molecule has 0 atom stereocenters. The van der Waals surface area contributed by atoms with Crippen molar-refractivity contribution in [3.05, 3.63) is 132 Å². The number of hydrogen-bond donors (Lipinski definition) is 0. The van der Waals surface area contributed by atoms with E-state index in [2.05, 4.69) is 15.5 Å². The van der Waals surface area contributed by atoms with E-state index in [-0.39, 0.29) is 29.7 Å². The van der Waals surface area contributed by atoms with E-state index in [1.165, 1.54) is 0 Å². The molecule has 6 rings (SSSR count). The molecule has 0 radical (unpaired) electrons. The Morgan fingerprint density at radius 1 is 0.743 bits per heavy atom. The van der Waals surface area contributed by atoms with Gasteiger partial charge in [-0.25, -0.2) is 4.85 Å². The van der Waals surface area contributed by atoms with Gasteiger partial charge in [0.05, 0.1) is 30.5 Å². The second kappa shape index (κ2) is 8.34. The number of nitrogens with zero attached hydrogens (tertiary/aromatic N) is 3. The van der Waals surface area contributed by atoms with Gasteiger partial charge in [0.1, 0.15) is 0 Å². The van der Waals surface area contributed by atoms with Gasteiger partial charge >= 0.3 is 0 Å². The first-order valence-corrected chi connectivity index (χ1v) is 11.0. The maximum atomic E-state index is 9.78. The van der Waals surface area contributed by atoms with Crippen LogP contribution in [0.5, 0.6) is 0 Å². The van der Waals surface area contributed by atoms with Gasteiger partial charge in [0.2, 0.25) is 0 Å². The highest BCUT2D eigenvalue weighted by Gasteiger charge is 2.17. The van der Waals surface area contributed by atoms with Crippen LogP contribution in [0.3, 0.4) is 0 Å². The molecule has 0 aliphatic rings. The maximum Gasteiger partial charge on any atom is 0.196 e. The first-order valence-electron chi connectivity index (χ1n) is 13.5. The van der Waals surface area contributed by atoms with E-state index in [1.54, 1.807) is 24.3 Å². The van der Waals surface area contributed by atoms with Crippen molar-refractivity contribution in [1.29, 1.82) is 5.26 Å². The highest BCUT2D eigenvalue weighted by Crippen LogP contribution is 2.40. The van der Waals surface area contributed by atoms with Gasteiger partial charge in [-0.05, 0) is 59.2 Å². The fraction of sp³-hybridized carbons (Fsp3) is 0. The van der Waals surface area contributed by atoms with Crippen molar-refractivity contribution >= 4 is 27.5 Å². The minimum atomic E-state index is -0.433.